The number of hydrogen-bond acceptors (Lipinski definition) is 4. The minimum atomic E-state index is -0.493. The minimum Gasteiger partial charge on any atom is -0.497 e. The van der Waals surface area contributed by atoms with Gasteiger partial charge in [0.2, 0.25) is 0 Å². The molecule has 0 aliphatic carbocycles. The molecule has 132 valence electrons. The van der Waals surface area contributed by atoms with Crippen LogP contribution in [-0.4, -0.2) is 25.6 Å². The number of halogens is 2. The van der Waals surface area contributed by atoms with Gasteiger partial charge in [0.1, 0.15) is 5.75 Å². The van der Waals surface area contributed by atoms with Gasteiger partial charge < -0.3 is 14.8 Å². The van der Waals surface area contributed by atoms with Crippen LogP contribution < -0.4 is 10.1 Å². The van der Waals surface area contributed by atoms with Gasteiger partial charge in [-0.2, -0.15) is 0 Å². The van der Waals surface area contributed by atoms with Gasteiger partial charge >= 0.3 is 5.97 Å². The summed E-state index contributed by atoms with van der Waals surface area (Å²) in [7, 11) is 1.55. The number of carbonyl (C=O) groups excluding carboxylic acids is 2. The van der Waals surface area contributed by atoms with Crippen molar-refractivity contribution >= 4 is 35.1 Å². The number of ether oxygens (including phenoxy) is 2. The summed E-state index contributed by atoms with van der Waals surface area (Å²) in [4.78, 5) is 23.6. The Kier molecular flexibility index (Phi) is 7.10. The lowest BCUT2D eigenvalue weighted by Gasteiger charge is -2.08. The highest BCUT2D eigenvalue weighted by Gasteiger charge is 2.10. The zero-order valence-corrected chi connectivity index (χ0v) is 15.1. The van der Waals surface area contributed by atoms with Crippen molar-refractivity contribution in [2.45, 2.75) is 13.0 Å². The Morgan fingerprint density at radius 1 is 1.12 bits per heavy atom. The predicted octanol–water partition coefficient (Wildman–Crippen LogP) is 3.40. The molecule has 0 saturated heterocycles. The van der Waals surface area contributed by atoms with E-state index in [1.807, 2.05) is 0 Å². The van der Waals surface area contributed by atoms with Crippen LogP contribution >= 0.6 is 23.2 Å². The number of methoxy groups -OCH3 is 1. The Labute approximate surface area is 155 Å². The molecule has 0 heterocycles. The van der Waals surface area contributed by atoms with E-state index in [1.54, 1.807) is 49.6 Å². The summed E-state index contributed by atoms with van der Waals surface area (Å²) in [6.45, 7) is -0.129. The van der Waals surface area contributed by atoms with Crippen molar-refractivity contribution in [1.29, 1.82) is 0 Å². The standard InChI is InChI=1S/C18H17Cl2NO4/c1-24-15-4-2-3-12(7-15)8-18(23)25-11-17(22)21-10-13-5-6-14(19)9-16(13)20/h2-7,9H,8,10-11H2,1H3,(H,21,22). The van der Waals surface area contributed by atoms with Crippen molar-refractivity contribution in [3.63, 3.8) is 0 Å². The largest absolute Gasteiger partial charge is 0.497 e. The second-order valence-corrected chi connectivity index (χ2v) is 6.05. The molecular formula is C18H17Cl2NO4. The van der Waals surface area contributed by atoms with Crippen molar-refractivity contribution in [3.05, 3.63) is 63.6 Å². The molecule has 7 heteroatoms. The number of hydrogen-bond donors (Lipinski definition) is 1. The minimum absolute atomic E-state index is 0.0630. The zero-order valence-electron chi connectivity index (χ0n) is 13.6. The van der Waals surface area contributed by atoms with Gasteiger partial charge in [-0.1, -0.05) is 41.4 Å². The molecule has 0 aliphatic heterocycles. The third-order valence-corrected chi connectivity index (χ3v) is 3.92. The van der Waals surface area contributed by atoms with Crippen molar-refractivity contribution < 1.29 is 19.1 Å². The highest BCUT2D eigenvalue weighted by atomic mass is 35.5. The van der Waals surface area contributed by atoms with Crippen LogP contribution in [0.5, 0.6) is 5.75 Å². The number of benzene rings is 2. The Morgan fingerprint density at radius 3 is 2.64 bits per heavy atom. The average molecular weight is 382 g/mol. The first-order chi connectivity index (χ1) is 12.0. The van der Waals surface area contributed by atoms with Gasteiger partial charge in [0.15, 0.2) is 6.61 Å². The Balaban J connectivity index is 1.76. The van der Waals surface area contributed by atoms with Gasteiger partial charge in [-0.15, -0.1) is 0 Å². The summed E-state index contributed by atoms with van der Waals surface area (Å²) in [5, 5.41) is 3.61. The Bertz CT molecular complexity index is 764. The smallest absolute Gasteiger partial charge is 0.310 e. The summed E-state index contributed by atoms with van der Waals surface area (Å²) >= 11 is 11.8. The lowest BCUT2D eigenvalue weighted by atomic mass is 10.1. The van der Waals surface area contributed by atoms with E-state index < -0.39 is 11.9 Å². The molecule has 0 saturated carbocycles. The molecule has 0 aromatic heterocycles. The molecule has 2 aromatic rings. The molecule has 0 radical (unpaired) electrons. The SMILES string of the molecule is COc1cccc(CC(=O)OCC(=O)NCc2ccc(Cl)cc2Cl)c1. The molecular weight excluding hydrogens is 365 g/mol. The zero-order chi connectivity index (χ0) is 18.2. The Morgan fingerprint density at radius 2 is 1.92 bits per heavy atom. The van der Waals surface area contributed by atoms with Gasteiger partial charge in [-0.05, 0) is 35.4 Å². The summed E-state index contributed by atoms with van der Waals surface area (Å²) in [5.41, 5.74) is 1.47. The van der Waals surface area contributed by atoms with Crippen molar-refractivity contribution in [2.75, 3.05) is 13.7 Å². The highest BCUT2D eigenvalue weighted by Crippen LogP contribution is 2.20. The second kappa shape index (κ2) is 9.30. The molecule has 0 fully saturated rings. The lowest BCUT2D eigenvalue weighted by molar-refractivity contribution is -0.147. The van der Waals surface area contributed by atoms with Crippen LogP contribution in [0.3, 0.4) is 0 Å². The van der Waals surface area contributed by atoms with Crippen molar-refractivity contribution in [2.24, 2.45) is 0 Å². The molecule has 1 N–H and O–H groups in total. The molecule has 0 atom stereocenters. The van der Waals surface area contributed by atoms with Crippen LogP contribution in [0.25, 0.3) is 0 Å². The van der Waals surface area contributed by atoms with E-state index in [0.717, 1.165) is 11.1 Å². The van der Waals surface area contributed by atoms with Crippen LogP contribution in [0.15, 0.2) is 42.5 Å². The molecule has 1 amide bonds. The predicted molar refractivity (Wildman–Crippen MR) is 96.0 cm³/mol. The van der Waals surface area contributed by atoms with Gasteiger partial charge in [0, 0.05) is 16.6 Å². The van der Waals surface area contributed by atoms with Crippen LogP contribution in [0.2, 0.25) is 10.0 Å². The van der Waals surface area contributed by atoms with Gasteiger partial charge in [0.25, 0.3) is 5.91 Å². The van der Waals surface area contributed by atoms with E-state index in [0.29, 0.717) is 15.8 Å². The monoisotopic (exact) mass is 381 g/mol. The number of rotatable bonds is 7. The highest BCUT2D eigenvalue weighted by molar-refractivity contribution is 6.35. The maximum atomic E-state index is 11.8. The van der Waals surface area contributed by atoms with E-state index in [9.17, 15) is 9.59 Å². The third-order valence-electron chi connectivity index (χ3n) is 3.34. The van der Waals surface area contributed by atoms with Crippen molar-refractivity contribution in [1.82, 2.24) is 5.32 Å². The van der Waals surface area contributed by atoms with Crippen molar-refractivity contribution in [3.8, 4) is 5.75 Å². The van der Waals surface area contributed by atoms with Gasteiger partial charge in [-0.25, -0.2) is 0 Å². The quantitative estimate of drug-likeness (QED) is 0.746. The summed E-state index contributed by atoms with van der Waals surface area (Å²) in [5.74, 6) is -0.249. The summed E-state index contributed by atoms with van der Waals surface area (Å²) < 4.78 is 10.1. The molecule has 0 aliphatic rings. The van der Waals surface area contributed by atoms with E-state index in [4.69, 9.17) is 32.7 Å². The van der Waals surface area contributed by atoms with Crippen LogP contribution in [0.4, 0.5) is 0 Å². The maximum absolute atomic E-state index is 11.8. The second-order valence-electron chi connectivity index (χ2n) is 5.20. The fourth-order valence-corrected chi connectivity index (χ4v) is 2.53. The topological polar surface area (TPSA) is 64.6 Å². The molecule has 25 heavy (non-hydrogen) atoms. The first kappa shape index (κ1) is 19.1. The summed E-state index contributed by atoms with van der Waals surface area (Å²) in [6.07, 6.45) is 0.0630. The molecule has 2 aromatic carbocycles. The third kappa shape index (κ3) is 6.29. The molecule has 2 rings (SSSR count). The number of esters is 1. The van der Waals surface area contributed by atoms with Crippen LogP contribution in [0, 0.1) is 0 Å². The van der Waals surface area contributed by atoms with E-state index in [1.165, 1.54) is 0 Å². The lowest BCUT2D eigenvalue weighted by Crippen LogP contribution is -2.28. The van der Waals surface area contributed by atoms with E-state index in [-0.39, 0.29) is 19.6 Å². The van der Waals surface area contributed by atoms with Gasteiger partial charge in [0.05, 0.1) is 13.5 Å². The van der Waals surface area contributed by atoms with Gasteiger partial charge in [-0.3, -0.25) is 9.59 Å². The number of amides is 1. The molecule has 0 unspecified atom stereocenters. The Hall–Kier alpha value is -2.24. The number of nitrogens with one attached hydrogen (secondary N) is 1. The van der Waals surface area contributed by atoms with Crippen LogP contribution in [-0.2, 0) is 27.3 Å². The molecule has 5 nitrogen and oxygen atoms in total. The number of carbonyl (C=O) groups is 2. The normalized spacial score (nSPS) is 10.2. The molecule has 0 bridgehead atoms. The first-order valence-electron chi connectivity index (χ1n) is 7.47. The first-order valence-corrected chi connectivity index (χ1v) is 8.22. The summed E-state index contributed by atoms with van der Waals surface area (Å²) in [6, 6.07) is 12.1. The average Bonchev–Trinajstić information content (AvgIpc) is 2.59. The fourth-order valence-electron chi connectivity index (χ4n) is 2.06. The van der Waals surface area contributed by atoms with Crippen LogP contribution in [0.1, 0.15) is 11.1 Å². The maximum Gasteiger partial charge on any atom is 0.310 e. The fraction of sp³-hybridized carbons (Fsp3) is 0.222. The molecule has 0 spiro atoms. The van der Waals surface area contributed by atoms with E-state index >= 15 is 0 Å². The van der Waals surface area contributed by atoms with E-state index in [2.05, 4.69) is 5.32 Å².